The molecule has 0 atom stereocenters. The number of nitrogen functional groups attached to an aromatic ring is 1. The van der Waals surface area contributed by atoms with Gasteiger partial charge in [-0.3, -0.25) is 0 Å². The van der Waals surface area contributed by atoms with Crippen molar-refractivity contribution >= 4 is 27.5 Å². The molecule has 1 aromatic heterocycles. The van der Waals surface area contributed by atoms with Crippen LogP contribution in [0.15, 0.2) is 36.4 Å². The largest absolute Gasteiger partial charge is 0.398 e. The van der Waals surface area contributed by atoms with Gasteiger partial charge in [0, 0.05) is 16.5 Å². The molecule has 0 aliphatic carbocycles. The molecule has 0 unspecified atom stereocenters. The van der Waals surface area contributed by atoms with E-state index in [1.807, 2.05) is 18.2 Å². The summed E-state index contributed by atoms with van der Waals surface area (Å²) in [5.74, 6) is 0. The summed E-state index contributed by atoms with van der Waals surface area (Å²) in [5, 5.41) is 2.18. The number of anilines is 1. The standard InChI is InChI=1S/C15H14N2/c1-9-7-14-12(15(16)10(9)2)8-11-5-3-4-6-13(11)17-14/h3-8H,16H2,1-2H3. The van der Waals surface area contributed by atoms with E-state index in [-0.39, 0.29) is 0 Å². The predicted molar refractivity (Wildman–Crippen MR) is 73.1 cm³/mol. The molecule has 2 N–H and O–H groups in total. The minimum atomic E-state index is 0.846. The van der Waals surface area contributed by atoms with E-state index >= 15 is 0 Å². The van der Waals surface area contributed by atoms with Gasteiger partial charge in [-0.25, -0.2) is 4.98 Å². The van der Waals surface area contributed by atoms with Gasteiger partial charge in [-0.05, 0) is 43.2 Å². The molecule has 84 valence electrons. The third kappa shape index (κ3) is 1.45. The summed E-state index contributed by atoms with van der Waals surface area (Å²) in [6.07, 6.45) is 0. The Morgan fingerprint density at radius 3 is 2.59 bits per heavy atom. The number of nitrogens with two attached hydrogens (primary N) is 1. The number of fused-ring (bicyclic) bond motifs is 2. The lowest BCUT2D eigenvalue weighted by molar-refractivity contribution is 1.35. The zero-order valence-electron chi connectivity index (χ0n) is 9.99. The number of aryl methyl sites for hydroxylation is 1. The predicted octanol–water partition coefficient (Wildman–Crippen LogP) is 3.59. The number of hydrogen-bond donors (Lipinski definition) is 1. The first-order valence-electron chi connectivity index (χ1n) is 5.72. The van der Waals surface area contributed by atoms with Crippen LogP contribution in [0.2, 0.25) is 0 Å². The zero-order chi connectivity index (χ0) is 12.0. The van der Waals surface area contributed by atoms with Gasteiger partial charge < -0.3 is 5.73 Å². The molecule has 0 bridgehead atoms. The number of benzene rings is 2. The SMILES string of the molecule is Cc1cc2nc3ccccc3cc2c(N)c1C. The van der Waals surface area contributed by atoms with Gasteiger partial charge >= 0.3 is 0 Å². The van der Waals surface area contributed by atoms with E-state index in [1.54, 1.807) is 0 Å². The first kappa shape index (κ1) is 10.1. The van der Waals surface area contributed by atoms with Crippen LogP contribution in [-0.4, -0.2) is 4.98 Å². The van der Waals surface area contributed by atoms with Crippen molar-refractivity contribution in [3.05, 3.63) is 47.5 Å². The van der Waals surface area contributed by atoms with E-state index in [2.05, 4.69) is 37.0 Å². The number of nitrogens with zero attached hydrogens (tertiary/aromatic N) is 1. The number of rotatable bonds is 0. The molecule has 0 fully saturated rings. The molecule has 3 rings (SSSR count). The Hall–Kier alpha value is -2.09. The van der Waals surface area contributed by atoms with E-state index in [9.17, 15) is 0 Å². The normalized spacial score (nSPS) is 11.2. The maximum atomic E-state index is 6.17. The highest BCUT2D eigenvalue weighted by atomic mass is 14.7. The van der Waals surface area contributed by atoms with Crippen LogP contribution in [-0.2, 0) is 0 Å². The first-order valence-corrected chi connectivity index (χ1v) is 5.72. The highest BCUT2D eigenvalue weighted by molar-refractivity contribution is 6.00. The van der Waals surface area contributed by atoms with Gasteiger partial charge in [0.05, 0.1) is 11.0 Å². The lowest BCUT2D eigenvalue weighted by Gasteiger charge is -2.09. The summed E-state index contributed by atoms with van der Waals surface area (Å²) < 4.78 is 0. The van der Waals surface area contributed by atoms with Gasteiger partial charge in [0.25, 0.3) is 0 Å². The highest BCUT2D eigenvalue weighted by Crippen LogP contribution is 2.28. The molecule has 0 amide bonds. The number of hydrogen-bond acceptors (Lipinski definition) is 2. The Balaban J connectivity index is 2.52. The Labute approximate surface area is 100 Å². The van der Waals surface area contributed by atoms with Gasteiger partial charge in [-0.2, -0.15) is 0 Å². The van der Waals surface area contributed by atoms with Gasteiger partial charge in [0.2, 0.25) is 0 Å². The van der Waals surface area contributed by atoms with Crippen molar-refractivity contribution in [3.8, 4) is 0 Å². The molecule has 0 saturated carbocycles. The fourth-order valence-corrected chi connectivity index (χ4v) is 2.18. The molecule has 0 aliphatic rings. The fourth-order valence-electron chi connectivity index (χ4n) is 2.18. The Morgan fingerprint density at radius 1 is 1.00 bits per heavy atom. The van der Waals surface area contributed by atoms with Crippen LogP contribution in [0.3, 0.4) is 0 Å². The molecule has 1 heterocycles. The quantitative estimate of drug-likeness (QED) is 0.466. The van der Waals surface area contributed by atoms with Crippen LogP contribution in [0.5, 0.6) is 0 Å². The molecule has 0 saturated heterocycles. The minimum absolute atomic E-state index is 0.846. The second kappa shape index (κ2) is 3.45. The summed E-state index contributed by atoms with van der Waals surface area (Å²) in [4.78, 5) is 4.66. The Kier molecular flexibility index (Phi) is 2.05. The summed E-state index contributed by atoms with van der Waals surface area (Å²) in [7, 11) is 0. The lowest BCUT2D eigenvalue weighted by atomic mass is 10.0. The summed E-state index contributed by atoms with van der Waals surface area (Å²) in [5.41, 5.74) is 11.3. The third-order valence-corrected chi connectivity index (χ3v) is 3.39. The van der Waals surface area contributed by atoms with Crippen LogP contribution in [0.25, 0.3) is 21.8 Å². The molecule has 2 nitrogen and oxygen atoms in total. The van der Waals surface area contributed by atoms with Crippen molar-refractivity contribution in [2.75, 3.05) is 5.73 Å². The fraction of sp³-hybridized carbons (Fsp3) is 0.133. The highest BCUT2D eigenvalue weighted by Gasteiger charge is 2.07. The van der Waals surface area contributed by atoms with Crippen LogP contribution < -0.4 is 5.73 Å². The molecule has 17 heavy (non-hydrogen) atoms. The summed E-state index contributed by atoms with van der Waals surface area (Å²) in [6, 6.07) is 12.3. The molecular formula is C15H14N2. The van der Waals surface area contributed by atoms with E-state index in [0.717, 1.165) is 33.1 Å². The van der Waals surface area contributed by atoms with Gasteiger partial charge in [0.15, 0.2) is 0 Å². The molecule has 2 aromatic carbocycles. The molecular weight excluding hydrogens is 208 g/mol. The maximum Gasteiger partial charge on any atom is 0.0733 e. The van der Waals surface area contributed by atoms with Gasteiger partial charge in [-0.15, -0.1) is 0 Å². The van der Waals surface area contributed by atoms with Gasteiger partial charge in [0.1, 0.15) is 0 Å². The van der Waals surface area contributed by atoms with Gasteiger partial charge in [-0.1, -0.05) is 18.2 Å². The average Bonchev–Trinajstić information content (AvgIpc) is 2.34. The van der Waals surface area contributed by atoms with E-state index in [4.69, 9.17) is 5.73 Å². The second-order valence-corrected chi connectivity index (χ2v) is 4.48. The summed E-state index contributed by atoms with van der Waals surface area (Å²) >= 11 is 0. The van der Waals surface area contributed by atoms with E-state index in [0.29, 0.717) is 0 Å². The molecule has 2 heteroatoms. The molecule has 0 radical (unpaired) electrons. The van der Waals surface area contributed by atoms with Crippen molar-refractivity contribution in [2.24, 2.45) is 0 Å². The van der Waals surface area contributed by atoms with Crippen molar-refractivity contribution < 1.29 is 0 Å². The number of pyridine rings is 1. The molecule has 3 aromatic rings. The first-order chi connectivity index (χ1) is 8.16. The van der Waals surface area contributed by atoms with Crippen LogP contribution in [0, 0.1) is 13.8 Å². The van der Waals surface area contributed by atoms with Crippen molar-refractivity contribution in [2.45, 2.75) is 13.8 Å². The Bertz CT molecular complexity index is 730. The summed E-state index contributed by atoms with van der Waals surface area (Å²) in [6.45, 7) is 4.13. The van der Waals surface area contributed by atoms with Crippen molar-refractivity contribution in [3.63, 3.8) is 0 Å². The second-order valence-electron chi connectivity index (χ2n) is 4.48. The molecule has 0 spiro atoms. The average molecular weight is 222 g/mol. The van der Waals surface area contributed by atoms with Crippen molar-refractivity contribution in [1.82, 2.24) is 4.98 Å². The zero-order valence-corrected chi connectivity index (χ0v) is 9.99. The van der Waals surface area contributed by atoms with Crippen molar-refractivity contribution in [1.29, 1.82) is 0 Å². The maximum absolute atomic E-state index is 6.17. The number of aromatic nitrogens is 1. The van der Waals surface area contributed by atoms with Crippen LogP contribution in [0.4, 0.5) is 5.69 Å². The van der Waals surface area contributed by atoms with Crippen LogP contribution in [0.1, 0.15) is 11.1 Å². The Morgan fingerprint density at radius 2 is 1.76 bits per heavy atom. The van der Waals surface area contributed by atoms with E-state index < -0.39 is 0 Å². The smallest absolute Gasteiger partial charge is 0.0733 e. The van der Waals surface area contributed by atoms with Crippen LogP contribution >= 0.6 is 0 Å². The number of para-hydroxylation sites is 1. The van der Waals surface area contributed by atoms with E-state index in [1.165, 1.54) is 5.56 Å². The minimum Gasteiger partial charge on any atom is -0.398 e. The molecule has 0 aliphatic heterocycles. The third-order valence-electron chi connectivity index (χ3n) is 3.39. The lowest BCUT2D eigenvalue weighted by Crippen LogP contribution is -1.95. The topological polar surface area (TPSA) is 38.9 Å². The monoisotopic (exact) mass is 222 g/mol.